The van der Waals surface area contributed by atoms with E-state index < -0.39 is 0 Å². The Kier molecular flexibility index (Phi) is 8.90. The number of rotatable bonds is 8. The van der Waals surface area contributed by atoms with E-state index >= 15 is 0 Å². The lowest BCUT2D eigenvalue weighted by molar-refractivity contribution is 0.0827. The molecular weight excluding hydrogens is 300 g/mol. The zero-order chi connectivity index (χ0) is 17.9. The van der Waals surface area contributed by atoms with E-state index in [0.29, 0.717) is 18.2 Å². The van der Waals surface area contributed by atoms with Crippen molar-refractivity contribution in [2.75, 3.05) is 21.1 Å². The van der Waals surface area contributed by atoms with Gasteiger partial charge >= 0.3 is 0 Å². The molecule has 0 aliphatic rings. The van der Waals surface area contributed by atoms with Gasteiger partial charge in [-0.05, 0) is 31.0 Å². The van der Waals surface area contributed by atoms with Crippen LogP contribution < -0.4 is 10.6 Å². The number of carbonyl (C=O) groups excluding carboxylic acids is 1. The minimum absolute atomic E-state index is 0.0212. The van der Waals surface area contributed by atoms with Crippen LogP contribution in [0.25, 0.3) is 0 Å². The van der Waals surface area contributed by atoms with Crippen molar-refractivity contribution < 1.29 is 4.79 Å². The molecule has 1 amide bonds. The molecule has 1 unspecified atom stereocenters. The molecule has 1 aromatic carbocycles. The predicted molar refractivity (Wildman–Crippen MR) is 101 cm³/mol. The Morgan fingerprint density at radius 3 is 2.42 bits per heavy atom. The second-order valence-corrected chi connectivity index (χ2v) is 6.36. The average molecular weight is 332 g/mol. The Morgan fingerprint density at radius 2 is 1.88 bits per heavy atom. The molecule has 0 aliphatic carbocycles. The Bertz CT molecular complexity index is 523. The predicted octanol–water partition coefficient (Wildman–Crippen LogP) is 3.02. The molecule has 0 radical (unpaired) electrons. The van der Waals surface area contributed by atoms with E-state index in [9.17, 15) is 4.79 Å². The molecule has 1 aromatic rings. The zero-order valence-corrected chi connectivity index (χ0v) is 15.7. The van der Waals surface area contributed by atoms with Gasteiger partial charge in [0.1, 0.15) is 0 Å². The fourth-order valence-electron chi connectivity index (χ4n) is 2.41. The van der Waals surface area contributed by atoms with Crippen molar-refractivity contribution in [3.63, 3.8) is 0 Å². The van der Waals surface area contributed by atoms with Crippen LogP contribution in [0.2, 0.25) is 0 Å². The van der Waals surface area contributed by atoms with Crippen molar-refractivity contribution in [3.8, 4) is 0 Å². The van der Waals surface area contributed by atoms with Crippen molar-refractivity contribution in [2.45, 2.75) is 52.1 Å². The molecule has 5 nitrogen and oxygen atoms in total. The van der Waals surface area contributed by atoms with Gasteiger partial charge in [0.15, 0.2) is 5.96 Å². The molecule has 0 fully saturated rings. The number of benzene rings is 1. The summed E-state index contributed by atoms with van der Waals surface area (Å²) < 4.78 is 0. The van der Waals surface area contributed by atoms with Crippen LogP contribution in [0.15, 0.2) is 29.3 Å². The number of guanidine groups is 1. The largest absolute Gasteiger partial charge is 0.354 e. The van der Waals surface area contributed by atoms with Crippen molar-refractivity contribution in [3.05, 3.63) is 35.4 Å². The number of hydrogen-bond acceptors (Lipinski definition) is 2. The molecule has 1 atom stereocenters. The van der Waals surface area contributed by atoms with Crippen LogP contribution in [-0.2, 0) is 6.54 Å². The Labute approximate surface area is 146 Å². The van der Waals surface area contributed by atoms with Gasteiger partial charge in [-0.25, -0.2) is 0 Å². The lowest BCUT2D eigenvalue weighted by Crippen LogP contribution is -2.41. The van der Waals surface area contributed by atoms with Crippen LogP contribution in [0.4, 0.5) is 0 Å². The fraction of sp³-hybridized carbons (Fsp3) is 0.579. The van der Waals surface area contributed by atoms with Crippen LogP contribution in [0.1, 0.15) is 55.5 Å². The summed E-state index contributed by atoms with van der Waals surface area (Å²) in [6, 6.07) is 8.08. The van der Waals surface area contributed by atoms with Crippen molar-refractivity contribution in [1.29, 1.82) is 0 Å². The fourth-order valence-corrected chi connectivity index (χ4v) is 2.41. The quantitative estimate of drug-likeness (QED) is 0.437. The van der Waals surface area contributed by atoms with Gasteiger partial charge in [0, 0.05) is 39.3 Å². The SMILES string of the molecule is CCCCCC(C)NC(=NC)NCc1ccc(C(=O)N(C)C)cc1. The minimum Gasteiger partial charge on any atom is -0.354 e. The highest BCUT2D eigenvalue weighted by Gasteiger charge is 2.08. The third-order valence-electron chi connectivity index (χ3n) is 3.91. The molecule has 0 aromatic heterocycles. The first-order chi connectivity index (χ1) is 11.5. The summed E-state index contributed by atoms with van der Waals surface area (Å²) in [6.07, 6.45) is 4.90. The van der Waals surface area contributed by atoms with Crippen molar-refractivity contribution in [1.82, 2.24) is 15.5 Å². The summed E-state index contributed by atoms with van der Waals surface area (Å²) in [5.74, 6) is 0.834. The minimum atomic E-state index is 0.0212. The first-order valence-electron chi connectivity index (χ1n) is 8.75. The van der Waals surface area contributed by atoms with E-state index in [1.165, 1.54) is 19.3 Å². The van der Waals surface area contributed by atoms with Gasteiger partial charge in [-0.2, -0.15) is 0 Å². The van der Waals surface area contributed by atoms with Gasteiger partial charge < -0.3 is 15.5 Å². The molecule has 1 rings (SSSR count). The summed E-state index contributed by atoms with van der Waals surface area (Å²) >= 11 is 0. The van der Waals surface area contributed by atoms with E-state index in [4.69, 9.17) is 0 Å². The van der Waals surface area contributed by atoms with Gasteiger partial charge in [0.2, 0.25) is 0 Å². The molecule has 0 saturated carbocycles. The van der Waals surface area contributed by atoms with E-state index in [1.807, 2.05) is 24.3 Å². The molecule has 0 aliphatic heterocycles. The van der Waals surface area contributed by atoms with Crippen LogP contribution >= 0.6 is 0 Å². The first-order valence-corrected chi connectivity index (χ1v) is 8.75. The third kappa shape index (κ3) is 7.02. The van der Waals surface area contributed by atoms with E-state index in [0.717, 1.165) is 17.9 Å². The molecule has 0 heterocycles. The van der Waals surface area contributed by atoms with Gasteiger partial charge in [-0.3, -0.25) is 9.79 Å². The highest BCUT2D eigenvalue weighted by Crippen LogP contribution is 2.06. The monoisotopic (exact) mass is 332 g/mol. The summed E-state index contributed by atoms with van der Waals surface area (Å²) in [4.78, 5) is 17.7. The Morgan fingerprint density at radius 1 is 1.21 bits per heavy atom. The maximum atomic E-state index is 11.9. The van der Waals surface area contributed by atoms with Crippen molar-refractivity contribution in [2.24, 2.45) is 4.99 Å². The van der Waals surface area contributed by atoms with Crippen LogP contribution in [0.3, 0.4) is 0 Å². The molecule has 24 heavy (non-hydrogen) atoms. The number of hydrogen-bond donors (Lipinski definition) is 2. The topological polar surface area (TPSA) is 56.7 Å². The van der Waals surface area contributed by atoms with Gasteiger partial charge in [-0.15, -0.1) is 0 Å². The summed E-state index contributed by atoms with van der Waals surface area (Å²) in [5, 5.41) is 6.74. The molecular formula is C19H32N4O. The average Bonchev–Trinajstić information content (AvgIpc) is 2.58. The molecule has 0 saturated heterocycles. The van der Waals surface area contributed by atoms with Crippen LogP contribution in [-0.4, -0.2) is 44.0 Å². The first kappa shape index (κ1) is 20.0. The molecule has 0 bridgehead atoms. The van der Waals surface area contributed by atoms with Gasteiger partial charge in [-0.1, -0.05) is 38.3 Å². The smallest absolute Gasteiger partial charge is 0.253 e. The number of nitrogens with one attached hydrogen (secondary N) is 2. The van der Waals surface area contributed by atoms with Gasteiger partial charge in [0.05, 0.1) is 0 Å². The van der Waals surface area contributed by atoms with E-state index in [2.05, 4.69) is 29.5 Å². The summed E-state index contributed by atoms with van der Waals surface area (Å²) in [7, 11) is 5.30. The van der Waals surface area contributed by atoms with Gasteiger partial charge in [0.25, 0.3) is 5.91 Å². The highest BCUT2D eigenvalue weighted by atomic mass is 16.2. The lowest BCUT2D eigenvalue weighted by Gasteiger charge is -2.18. The molecule has 2 N–H and O–H groups in total. The highest BCUT2D eigenvalue weighted by molar-refractivity contribution is 5.93. The Hall–Kier alpha value is -2.04. The van der Waals surface area contributed by atoms with Crippen LogP contribution in [0, 0.1) is 0 Å². The lowest BCUT2D eigenvalue weighted by atomic mass is 10.1. The molecule has 134 valence electrons. The number of aliphatic imine (C=N–C) groups is 1. The number of amides is 1. The number of carbonyl (C=O) groups is 1. The van der Waals surface area contributed by atoms with E-state index in [1.54, 1.807) is 26.0 Å². The van der Waals surface area contributed by atoms with E-state index in [-0.39, 0.29) is 5.91 Å². The summed E-state index contributed by atoms with van der Waals surface area (Å²) in [6.45, 7) is 5.08. The third-order valence-corrected chi connectivity index (χ3v) is 3.91. The number of nitrogens with zero attached hydrogens (tertiary/aromatic N) is 2. The van der Waals surface area contributed by atoms with Crippen molar-refractivity contribution >= 4 is 11.9 Å². The second-order valence-electron chi connectivity index (χ2n) is 6.36. The molecule has 5 heteroatoms. The number of unbranched alkanes of at least 4 members (excludes halogenated alkanes) is 2. The Balaban J connectivity index is 2.47. The standard InChI is InChI=1S/C19H32N4O/c1-6-7-8-9-15(2)22-19(20-3)21-14-16-10-12-17(13-11-16)18(24)23(4)5/h10-13,15H,6-9,14H2,1-5H3,(H2,20,21,22). The maximum Gasteiger partial charge on any atom is 0.253 e. The maximum absolute atomic E-state index is 11.9. The molecule has 0 spiro atoms. The second kappa shape index (κ2) is 10.7. The normalized spacial score (nSPS) is 12.6. The summed E-state index contributed by atoms with van der Waals surface area (Å²) in [5.41, 5.74) is 1.82. The zero-order valence-electron chi connectivity index (χ0n) is 15.7. The van der Waals surface area contributed by atoms with Crippen LogP contribution in [0.5, 0.6) is 0 Å².